The Morgan fingerprint density at radius 3 is 0.614 bits per heavy atom. The predicted octanol–water partition coefficient (Wildman–Crippen LogP) is 15.0. The highest BCUT2D eigenvalue weighted by molar-refractivity contribution is 6.04. The number of nitrogens with one attached hydrogen (secondary N) is 3. The molecule has 0 aliphatic rings. The summed E-state index contributed by atoms with van der Waals surface area (Å²) in [5.41, 5.74) is 1.13. The number of rotatable bonds is 42. The van der Waals surface area contributed by atoms with Crippen molar-refractivity contribution < 1.29 is 14.4 Å². The Hall–Kier alpha value is -2.37. The fraction of sp³-hybridized carbons (Fsp3) is 0.824. The fourth-order valence-electron chi connectivity index (χ4n) is 7.83. The van der Waals surface area contributed by atoms with Gasteiger partial charge >= 0.3 is 0 Å². The lowest BCUT2D eigenvalue weighted by Gasteiger charge is -2.12. The zero-order chi connectivity index (χ0) is 41.3. The second kappa shape index (κ2) is 40.4. The number of hydrogen-bond acceptors (Lipinski definition) is 3. The summed E-state index contributed by atoms with van der Waals surface area (Å²) in [7, 11) is 0. The molecule has 0 unspecified atom stereocenters. The van der Waals surface area contributed by atoms with Crippen molar-refractivity contribution in [2.75, 3.05) is 19.6 Å². The van der Waals surface area contributed by atoms with Crippen molar-refractivity contribution in [3.8, 4) is 0 Å². The fourth-order valence-corrected chi connectivity index (χ4v) is 7.83. The van der Waals surface area contributed by atoms with Crippen LogP contribution < -0.4 is 16.0 Å². The van der Waals surface area contributed by atoms with Crippen LogP contribution >= 0.6 is 0 Å². The van der Waals surface area contributed by atoms with Crippen LogP contribution in [0.1, 0.15) is 283 Å². The number of carbonyl (C=O) groups excluding carboxylic acids is 3. The highest BCUT2D eigenvalue weighted by atomic mass is 16.2. The second-order valence-corrected chi connectivity index (χ2v) is 17.2. The van der Waals surface area contributed by atoms with E-state index in [0.717, 1.165) is 38.5 Å². The van der Waals surface area contributed by atoms with Gasteiger partial charge in [-0.15, -0.1) is 0 Å². The van der Waals surface area contributed by atoms with Gasteiger partial charge in [0.15, 0.2) is 0 Å². The van der Waals surface area contributed by atoms with E-state index in [1.807, 2.05) is 0 Å². The highest BCUT2D eigenvalue weighted by Gasteiger charge is 2.16. The summed E-state index contributed by atoms with van der Waals surface area (Å²) in [5, 5.41) is 9.17. The van der Waals surface area contributed by atoms with Gasteiger partial charge in [-0.3, -0.25) is 14.4 Å². The molecule has 57 heavy (non-hydrogen) atoms. The Labute approximate surface area is 353 Å². The normalized spacial score (nSPS) is 11.2. The van der Waals surface area contributed by atoms with E-state index in [-0.39, 0.29) is 17.7 Å². The van der Waals surface area contributed by atoms with Gasteiger partial charge in [0.05, 0.1) is 0 Å². The monoisotopic (exact) mass is 796 g/mol. The van der Waals surface area contributed by atoms with Gasteiger partial charge < -0.3 is 16.0 Å². The van der Waals surface area contributed by atoms with E-state index in [2.05, 4.69) is 36.7 Å². The van der Waals surface area contributed by atoms with Crippen molar-refractivity contribution >= 4 is 17.7 Å². The lowest BCUT2D eigenvalue weighted by atomic mass is 10.0. The molecular weight excluding hydrogens is 703 g/mol. The van der Waals surface area contributed by atoms with Crippen LogP contribution in [-0.2, 0) is 0 Å². The zero-order valence-corrected chi connectivity index (χ0v) is 38.0. The van der Waals surface area contributed by atoms with Crippen LogP contribution in [0.4, 0.5) is 0 Å². The zero-order valence-electron chi connectivity index (χ0n) is 38.0. The second-order valence-electron chi connectivity index (χ2n) is 17.2. The molecule has 0 saturated heterocycles. The Kier molecular flexibility index (Phi) is 37.3. The molecule has 1 aromatic carbocycles. The van der Waals surface area contributed by atoms with Crippen molar-refractivity contribution in [1.29, 1.82) is 0 Å². The minimum absolute atomic E-state index is 0.219. The van der Waals surface area contributed by atoms with Crippen LogP contribution in [0.5, 0.6) is 0 Å². The number of amides is 3. The smallest absolute Gasteiger partial charge is 0.251 e. The molecule has 0 spiro atoms. The molecule has 0 aliphatic carbocycles. The van der Waals surface area contributed by atoms with Crippen molar-refractivity contribution in [2.45, 2.75) is 252 Å². The maximum absolute atomic E-state index is 13.3. The van der Waals surface area contributed by atoms with E-state index in [0.29, 0.717) is 36.3 Å². The molecule has 0 radical (unpaired) electrons. The van der Waals surface area contributed by atoms with Gasteiger partial charge in [-0.2, -0.15) is 0 Å². The van der Waals surface area contributed by atoms with Gasteiger partial charge in [0.1, 0.15) is 0 Å². The van der Waals surface area contributed by atoms with Crippen LogP contribution in [0.2, 0.25) is 0 Å². The largest absolute Gasteiger partial charge is 0.352 e. The van der Waals surface area contributed by atoms with Crippen LogP contribution in [0.15, 0.2) is 18.2 Å². The third kappa shape index (κ3) is 32.2. The van der Waals surface area contributed by atoms with Crippen molar-refractivity contribution in [3.05, 3.63) is 34.9 Å². The Balaban J connectivity index is 2.51. The first-order valence-electron chi connectivity index (χ1n) is 25.0. The van der Waals surface area contributed by atoms with Crippen molar-refractivity contribution in [1.82, 2.24) is 16.0 Å². The number of carbonyl (C=O) groups is 3. The van der Waals surface area contributed by atoms with Crippen LogP contribution in [0.25, 0.3) is 0 Å². The molecular formula is C51H93N3O3. The molecule has 3 N–H and O–H groups in total. The molecule has 0 heterocycles. The van der Waals surface area contributed by atoms with Gasteiger partial charge in [0.25, 0.3) is 17.7 Å². The molecule has 1 aromatic rings. The first-order chi connectivity index (χ1) is 28.0. The van der Waals surface area contributed by atoms with Crippen molar-refractivity contribution in [3.63, 3.8) is 0 Å². The number of hydrogen-bond donors (Lipinski definition) is 3. The Morgan fingerprint density at radius 1 is 0.281 bits per heavy atom. The molecule has 6 nitrogen and oxygen atoms in total. The summed E-state index contributed by atoms with van der Waals surface area (Å²) in [6.45, 7) is 8.61. The summed E-state index contributed by atoms with van der Waals surface area (Å²) in [6.07, 6.45) is 45.9. The SMILES string of the molecule is CCCCCCCCCCCCCCNC(=O)c1cc(C(=O)NCCCCCCCCCCCCCC)cc(C(=O)NCCCCCCCCCCCCCC)c1. The minimum atomic E-state index is -0.219. The standard InChI is InChI=1S/C51H93N3O3/c1-4-7-10-13-16-19-22-25-28-31-34-37-40-52-49(55)46-43-47(50(56)53-41-38-35-32-29-26-23-20-17-14-11-8-5-2)45-48(44-46)51(57)54-42-39-36-33-30-27-24-21-18-15-12-9-6-3/h43-45H,4-42H2,1-3H3,(H,52,55)(H,53,56)(H,54,57). The maximum Gasteiger partial charge on any atom is 0.251 e. The van der Waals surface area contributed by atoms with Gasteiger partial charge in [-0.05, 0) is 37.5 Å². The third-order valence-electron chi connectivity index (χ3n) is 11.7. The lowest BCUT2D eigenvalue weighted by molar-refractivity contribution is 0.0952. The minimum Gasteiger partial charge on any atom is -0.352 e. The molecule has 3 amide bonds. The van der Waals surface area contributed by atoms with Crippen LogP contribution in [-0.4, -0.2) is 37.4 Å². The van der Waals surface area contributed by atoms with Gasteiger partial charge in [-0.1, -0.05) is 233 Å². The van der Waals surface area contributed by atoms with E-state index < -0.39 is 0 Å². The predicted molar refractivity (Wildman–Crippen MR) is 247 cm³/mol. The van der Waals surface area contributed by atoms with E-state index in [4.69, 9.17) is 0 Å². The molecule has 0 fully saturated rings. The summed E-state index contributed by atoms with van der Waals surface area (Å²) in [5.74, 6) is -0.656. The summed E-state index contributed by atoms with van der Waals surface area (Å²) >= 11 is 0. The molecule has 6 heteroatoms. The molecule has 0 aliphatic heterocycles. The molecule has 0 aromatic heterocycles. The van der Waals surface area contributed by atoms with Gasteiger partial charge in [0, 0.05) is 36.3 Å². The first-order valence-corrected chi connectivity index (χ1v) is 25.0. The Bertz CT molecular complexity index is 944. The highest BCUT2D eigenvalue weighted by Crippen LogP contribution is 2.16. The summed E-state index contributed by atoms with van der Waals surface area (Å²) in [4.78, 5) is 39.9. The average molecular weight is 796 g/mol. The van der Waals surface area contributed by atoms with Crippen LogP contribution in [0, 0.1) is 0 Å². The van der Waals surface area contributed by atoms with Gasteiger partial charge in [0.2, 0.25) is 0 Å². The quantitative estimate of drug-likeness (QED) is 0.0576. The molecule has 1 rings (SSSR count). The first kappa shape index (κ1) is 52.6. The average Bonchev–Trinajstić information content (AvgIpc) is 3.22. The Morgan fingerprint density at radius 2 is 0.439 bits per heavy atom. The third-order valence-corrected chi connectivity index (χ3v) is 11.7. The lowest BCUT2D eigenvalue weighted by Crippen LogP contribution is -2.29. The van der Waals surface area contributed by atoms with Crippen molar-refractivity contribution in [2.24, 2.45) is 0 Å². The molecule has 0 atom stereocenters. The molecule has 0 bridgehead atoms. The topological polar surface area (TPSA) is 87.3 Å². The summed E-state index contributed by atoms with van der Waals surface area (Å²) < 4.78 is 0. The number of unbranched alkanes of at least 4 members (excludes halogenated alkanes) is 33. The van der Waals surface area contributed by atoms with E-state index in [1.165, 1.54) is 193 Å². The van der Waals surface area contributed by atoms with E-state index in [1.54, 1.807) is 18.2 Å². The van der Waals surface area contributed by atoms with E-state index >= 15 is 0 Å². The molecule has 330 valence electrons. The van der Waals surface area contributed by atoms with E-state index in [9.17, 15) is 14.4 Å². The maximum atomic E-state index is 13.3. The molecule has 0 saturated carbocycles. The van der Waals surface area contributed by atoms with Crippen LogP contribution in [0.3, 0.4) is 0 Å². The number of benzene rings is 1. The summed E-state index contributed by atoms with van der Waals surface area (Å²) in [6, 6.07) is 4.95. The van der Waals surface area contributed by atoms with Gasteiger partial charge in [-0.25, -0.2) is 0 Å².